The fourth-order valence-electron chi connectivity index (χ4n) is 1.46. The van der Waals surface area contributed by atoms with Crippen molar-refractivity contribution in [2.45, 2.75) is 31.7 Å². The minimum absolute atomic E-state index is 0.0412. The molecule has 1 aromatic rings. The molecule has 1 rings (SSSR count). The first-order chi connectivity index (χ1) is 9.34. The maximum atomic E-state index is 12.6. The topological polar surface area (TPSA) is 46.2 Å². The molecule has 0 aliphatic heterocycles. The number of sulfone groups is 1. The van der Waals surface area contributed by atoms with Crippen LogP contribution in [0.2, 0.25) is 0 Å². The molecule has 0 aliphatic carbocycles. The highest BCUT2D eigenvalue weighted by molar-refractivity contribution is 9.10. The highest BCUT2D eigenvalue weighted by atomic mass is 79.9. The van der Waals surface area contributed by atoms with E-state index < -0.39 is 26.3 Å². The van der Waals surface area contributed by atoms with Crippen LogP contribution >= 0.6 is 15.9 Å². The van der Waals surface area contributed by atoms with Gasteiger partial charge in [-0.3, -0.25) is 0 Å². The Morgan fingerprint density at radius 2 is 1.76 bits per heavy atom. The Bertz CT molecular complexity index is 607. The molecule has 1 aromatic carbocycles. The molecule has 0 fully saturated rings. The van der Waals surface area contributed by atoms with Crippen molar-refractivity contribution in [1.29, 1.82) is 0 Å². The molecule has 0 saturated heterocycles. The van der Waals surface area contributed by atoms with Crippen molar-refractivity contribution in [2.75, 3.05) is 17.6 Å². The van der Waals surface area contributed by atoms with Crippen molar-refractivity contribution in [1.82, 2.24) is 0 Å². The lowest BCUT2D eigenvalue weighted by Crippen LogP contribution is -2.32. The van der Waals surface area contributed by atoms with Crippen LogP contribution in [0.4, 0.5) is 18.9 Å². The summed E-state index contributed by atoms with van der Waals surface area (Å²) in [6, 6.07) is 3.19. The highest BCUT2D eigenvalue weighted by Gasteiger charge is 2.31. The first-order valence-corrected chi connectivity index (χ1v) is 8.62. The van der Waals surface area contributed by atoms with E-state index in [1.165, 1.54) is 6.07 Å². The average Bonchev–Trinajstić information content (AvgIpc) is 2.28. The lowest BCUT2D eigenvalue weighted by molar-refractivity contribution is -0.137. The van der Waals surface area contributed by atoms with Gasteiger partial charge in [0.2, 0.25) is 0 Å². The van der Waals surface area contributed by atoms with Crippen molar-refractivity contribution in [2.24, 2.45) is 0 Å². The van der Waals surface area contributed by atoms with Crippen LogP contribution in [0.1, 0.15) is 26.3 Å². The van der Waals surface area contributed by atoms with E-state index in [9.17, 15) is 21.6 Å². The number of nitrogens with one attached hydrogen (secondary N) is 1. The largest absolute Gasteiger partial charge is 0.416 e. The zero-order valence-electron chi connectivity index (χ0n) is 11.9. The molecular formula is C13H17BrF3NO2S. The number of halogens is 4. The summed E-state index contributed by atoms with van der Waals surface area (Å²) < 4.78 is 61.3. The van der Waals surface area contributed by atoms with Gasteiger partial charge in [0.1, 0.15) is 0 Å². The van der Waals surface area contributed by atoms with E-state index in [-0.39, 0.29) is 18.0 Å². The molecule has 0 atom stereocenters. The van der Waals surface area contributed by atoms with Crippen LogP contribution < -0.4 is 5.32 Å². The molecule has 1 N–H and O–H groups in total. The fraction of sp³-hybridized carbons (Fsp3) is 0.538. The monoisotopic (exact) mass is 387 g/mol. The molecule has 21 heavy (non-hydrogen) atoms. The highest BCUT2D eigenvalue weighted by Crippen LogP contribution is 2.33. The van der Waals surface area contributed by atoms with Crippen LogP contribution in [-0.2, 0) is 16.0 Å². The Morgan fingerprint density at radius 1 is 1.19 bits per heavy atom. The summed E-state index contributed by atoms with van der Waals surface area (Å²) >= 11 is 3.14. The maximum absolute atomic E-state index is 12.6. The summed E-state index contributed by atoms with van der Waals surface area (Å²) in [5.41, 5.74) is -0.569. The molecule has 3 nitrogen and oxygen atoms in total. The second kappa shape index (κ2) is 6.16. The first kappa shape index (κ1) is 18.3. The van der Waals surface area contributed by atoms with Crippen LogP contribution in [0.5, 0.6) is 0 Å². The maximum Gasteiger partial charge on any atom is 0.416 e. The van der Waals surface area contributed by atoms with E-state index in [2.05, 4.69) is 21.2 Å². The summed E-state index contributed by atoms with van der Waals surface area (Å²) in [5, 5.41) is 2.73. The number of benzene rings is 1. The summed E-state index contributed by atoms with van der Waals surface area (Å²) in [6.07, 6.45) is -4.44. The summed E-state index contributed by atoms with van der Waals surface area (Å²) in [6.45, 7) is 4.80. The van der Waals surface area contributed by atoms with E-state index in [0.717, 1.165) is 12.1 Å². The molecule has 0 unspecified atom stereocenters. The predicted molar refractivity (Wildman–Crippen MR) is 81.2 cm³/mol. The van der Waals surface area contributed by atoms with Gasteiger partial charge in [-0.25, -0.2) is 8.42 Å². The van der Waals surface area contributed by atoms with E-state index in [1.54, 1.807) is 20.8 Å². The van der Waals surface area contributed by atoms with Crippen LogP contribution in [0.15, 0.2) is 22.7 Å². The SMILES string of the molecule is CC(C)(C)S(=O)(=O)CCNc1cc(C(F)(F)F)ccc1Br. The number of alkyl halides is 3. The van der Waals surface area contributed by atoms with Gasteiger partial charge in [-0.15, -0.1) is 0 Å². The Balaban J connectivity index is 2.82. The second-order valence-electron chi connectivity index (χ2n) is 5.55. The van der Waals surface area contributed by atoms with Gasteiger partial charge >= 0.3 is 6.18 Å². The molecule has 0 amide bonds. The van der Waals surface area contributed by atoms with Crippen molar-refractivity contribution in [3.63, 3.8) is 0 Å². The van der Waals surface area contributed by atoms with Gasteiger partial charge in [0.05, 0.1) is 16.1 Å². The smallest absolute Gasteiger partial charge is 0.383 e. The fourth-order valence-corrected chi connectivity index (χ4v) is 2.83. The Labute approximate surface area is 131 Å². The predicted octanol–water partition coefficient (Wildman–Crippen LogP) is 4.09. The summed E-state index contributed by atoms with van der Waals surface area (Å²) in [5.74, 6) is -0.154. The zero-order chi connectivity index (χ0) is 16.5. The Morgan fingerprint density at radius 3 is 2.24 bits per heavy atom. The van der Waals surface area contributed by atoms with Crippen molar-refractivity contribution in [3.05, 3.63) is 28.2 Å². The van der Waals surface area contributed by atoms with Crippen molar-refractivity contribution >= 4 is 31.5 Å². The second-order valence-corrected chi connectivity index (χ2v) is 9.27. The molecule has 0 radical (unpaired) electrons. The number of hydrogen-bond acceptors (Lipinski definition) is 3. The third-order valence-corrected chi connectivity index (χ3v) is 6.21. The lowest BCUT2D eigenvalue weighted by atomic mass is 10.2. The standard InChI is InChI=1S/C13H17BrF3NO2S/c1-12(2,3)21(19,20)7-6-18-11-8-9(13(15,16)17)4-5-10(11)14/h4-5,8,18H,6-7H2,1-3H3. The summed E-state index contributed by atoms with van der Waals surface area (Å²) in [7, 11) is -3.32. The van der Waals surface area contributed by atoms with Crippen LogP contribution in [-0.4, -0.2) is 25.5 Å². The van der Waals surface area contributed by atoms with E-state index >= 15 is 0 Å². The molecule has 0 spiro atoms. The number of rotatable bonds is 4. The molecule has 120 valence electrons. The minimum Gasteiger partial charge on any atom is -0.383 e. The van der Waals surface area contributed by atoms with Gasteiger partial charge in [0.15, 0.2) is 9.84 Å². The normalized spacial score (nSPS) is 13.3. The molecule has 0 saturated carbocycles. The molecular weight excluding hydrogens is 371 g/mol. The van der Waals surface area contributed by atoms with Gasteiger partial charge in [0.25, 0.3) is 0 Å². The first-order valence-electron chi connectivity index (χ1n) is 6.17. The lowest BCUT2D eigenvalue weighted by Gasteiger charge is -2.19. The molecule has 0 heterocycles. The van der Waals surface area contributed by atoms with Gasteiger partial charge < -0.3 is 5.32 Å². The van der Waals surface area contributed by atoms with Crippen LogP contribution in [0.25, 0.3) is 0 Å². The number of anilines is 1. The third-order valence-electron chi connectivity index (χ3n) is 2.91. The van der Waals surface area contributed by atoms with Gasteiger partial charge in [-0.1, -0.05) is 0 Å². The molecule has 0 bridgehead atoms. The van der Waals surface area contributed by atoms with Gasteiger partial charge in [0, 0.05) is 16.7 Å². The van der Waals surface area contributed by atoms with Crippen molar-refractivity contribution in [3.8, 4) is 0 Å². The molecule has 8 heteroatoms. The third kappa shape index (κ3) is 4.88. The Kier molecular flexibility index (Phi) is 5.36. The van der Waals surface area contributed by atoms with E-state index in [0.29, 0.717) is 4.47 Å². The van der Waals surface area contributed by atoms with Gasteiger partial charge in [-0.2, -0.15) is 13.2 Å². The van der Waals surface area contributed by atoms with E-state index in [4.69, 9.17) is 0 Å². The summed E-state index contributed by atoms with van der Waals surface area (Å²) in [4.78, 5) is 0. The molecule has 0 aliphatic rings. The quantitative estimate of drug-likeness (QED) is 0.845. The van der Waals surface area contributed by atoms with Crippen LogP contribution in [0.3, 0.4) is 0 Å². The van der Waals surface area contributed by atoms with Crippen LogP contribution in [0, 0.1) is 0 Å². The zero-order valence-corrected chi connectivity index (χ0v) is 14.3. The molecule has 0 aromatic heterocycles. The Hall–Kier alpha value is -0.760. The average molecular weight is 388 g/mol. The minimum atomic E-state index is -4.44. The number of hydrogen-bond donors (Lipinski definition) is 1. The van der Waals surface area contributed by atoms with E-state index in [1.807, 2.05) is 0 Å². The van der Waals surface area contributed by atoms with Crippen molar-refractivity contribution < 1.29 is 21.6 Å². The van der Waals surface area contributed by atoms with Gasteiger partial charge in [-0.05, 0) is 54.9 Å².